The Labute approximate surface area is 139 Å². The van der Waals surface area contributed by atoms with E-state index in [9.17, 15) is 0 Å². The molecule has 2 heterocycles. The van der Waals surface area contributed by atoms with Crippen molar-refractivity contribution in [3.63, 3.8) is 0 Å². The topological polar surface area (TPSA) is 25.4 Å². The summed E-state index contributed by atoms with van der Waals surface area (Å²) in [6.45, 7) is 12.1. The van der Waals surface area contributed by atoms with Gasteiger partial charge in [-0.2, -0.15) is 0 Å². The second-order valence-electron chi connectivity index (χ2n) is 7.62. The molecule has 1 atom stereocenters. The van der Waals surface area contributed by atoms with Gasteiger partial charge in [0.25, 0.3) is 0 Å². The largest absolute Gasteiger partial charge is 0.488 e. The summed E-state index contributed by atoms with van der Waals surface area (Å²) in [5, 5.41) is 1.18. The second kappa shape index (κ2) is 6.48. The zero-order valence-electron chi connectivity index (χ0n) is 14.8. The molecule has 3 nitrogen and oxygen atoms in total. The Morgan fingerprint density at radius 3 is 2.70 bits per heavy atom. The van der Waals surface area contributed by atoms with E-state index in [0.717, 1.165) is 30.1 Å². The lowest BCUT2D eigenvalue weighted by Gasteiger charge is -2.21. The highest BCUT2D eigenvalue weighted by atomic mass is 16.5. The van der Waals surface area contributed by atoms with E-state index in [0.29, 0.717) is 0 Å². The molecule has 0 aliphatic carbocycles. The van der Waals surface area contributed by atoms with Gasteiger partial charge in [0.05, 0.1) is 5.52 Å². The number of nitrogens with zero attached hydrogens (tertiary/aromatic N) is 2. The predicted molar refractivity (Wildman–Crippen MR) is 96.0 cm³/mol. The molecule has 0 N–H and O–H groups in total. The van der Waals surface area contributed by atoms with E-state index in [4.69, 9.17) is 9.72 Å². The Kier molecular flexibility index (Phi) is 4.58. The van der Waals surface area contributed by atoms with Crippen molar-refractivity contribution in [2.45, 2.75) is 46.1 Å². The van der Waals surface area contributed by atoms with Crippen LogP contribution in [0.15, 0.2) is 30.3 Å². The number of likely N-dealkylation sites (tertiary alicyclic amines) is 1. The minimum Gasteiger partial charge on any atom is -0.488 e. The van der Waals surface area contributed by atoms with Crippen molar-refractivity contribution in [3.8, 4) is 5.75 Å². The van der Waals surface area contributed by atoms with Gasteiger partial charge in [-0.1, -0.05) is 13.0 Å². The molecule has 0 radical (unpaired) electrons. The van der Waals surface area contributed by atoms with Crippen LogP contribution in [0, 0.1) is 5.92 Å². The van der Waals surface area contributed by atoms with E-state index in [2.05, 4.69) is 56.9 Å². The van der Waals surface area contributed by atoms with Gasteiger partial charge in [-0.3, -0.25) is 4.98 Å². The molecular formula is C20H28N2O. The van der Waals surface area contributed by atoms with Crippen molar-refractivity contribution in [2.75, 3.05) is 19.6 Å². The van der Waals surface area contributed by atoms with Crippen molar-refractivity contribution in [1.29, 1.82) is 0 Å². The summed E-state index contributed by atoms with van der Waals surface area (Å²) >= 11 is 0. The lowest BCUT2D eigenvalue weighted by Crippen LogP contribution is -2.22. The van der Waals surface area contributed by atoms with Gasteiger partial charge in [0.1, 0.15) is 11.4 Å². The minimum atomic E-state index is -0.182. The minimum absolute atomic E-state index is 0.182. The van der Waals surface area contributed by atoms with Crippen LogP contribution in [0.5, 0.6) is 5.75 Å². The third-order valence-electron chi connectivity index (χ3n) is 4.46. The van der Waals surface area contributed by atoms with E-state index < -0.39 is 0 Å². The molecule has 1 aromatic carbocycles. The zero-order valence-corrected chi connectivity index (χ0v) is 14.8. The fourth-order valence-electron chi connectivity index (χ4n) is 3.33. The summed E-state index contributed by atoms with van der Waals surface area (Å²) in [4.78, 5) is 7.41. The highest BCUT2D eigenvalue weighted by Gasteiger charge is 2.21. The third-order valence-corrected chi connectivity index (χ3v) is 4.46. The summed E-state index contributed by atoms with van der Waals surface area (Å²) in [6.07, 6.45) is 2.37. The smallest absolute Gasteiger partial charge is 0.122 e. The van der Waals surface area contributed by atoms with Crippen LogP contribution in [0.1, 0.15) is 39.8 Å². The van der Waals surface area contributed by atoms with Gasteiger partial charge in [0, 0.05) is 23.7 Å². The first-order chi connectivity index (χ1) is 10.9. The quantitative estimate of drug-likeness (QED) is 0.842. The Morgan fingerprint density at radius 1 is 1.22 bits per heavy atom. The molecule has 3 heteroatoms. The maximum atomic E-state index is 5.97. The van der Waals surface area contributed by atoms with E-state index in [-0.39, 0.29) is 5.60 Å². The molecule has 0 spiro atoms. The highest BCUT2D eigenvalue weighted by molar-refractivity contribution is 5.80. The molecule has 1 aliphatic heterocycles. The van der Waals surface area contributed by atoms with Gasteiger partial charge in [-0.25, -0.2) is 0 Å². The fourth-order valence-corrected chi connectivity index (χ4v) is 3.33. The third kappa shape index (κ3) is 4.23. The molecule has 23 heavy (non-hydrogen) atoms. The lowest BCUT2D eigenvalue weighted by molar-refractivity contribution is 0.131. The van der Waals surface area contributed by atoms with E-state index in [1.165, 1.54) is 30.6 Å². The number of pyridine rings is 1. The van der Waals surface area contributed by atoms with Crippen LogP contribution in [0.25, 0.3) is 10.9 Å². The first-order valence-electron chi connectivity index (χ1n) is 8.74. The van der Waals surface area contributed by atoms with Crippen LogP contribution in [0.4, 0.5) is 0 Å². The van der Waals surface area contributed by atoms with Gasteiger partial charge in [-0.15, -0.1) is 0 Å². The maximum Gasteiger partial charge on any atom is 0.122 e. The number of rotatable bonds is 4. The molecule has 1 unspecified atom stereocenters. The number of ether oxygens (including phenoxy) is 1. The summed E-state index contributed by atoms with van der Waals surface area (Å²) in [5.74, 6) is 1.64. The number of fused-ring (bicyclic) bond motifs is 1. The zero-order chi connectivity index (χ0) is 16.4. The number of aromatic nitrogens is 1. The highest BCUT2D eigenvalue weighted by Crippen LogP contribution is 2.25. The summed E-state index contributed by atoms with van der Waals surface area (Å²) in [5.41, 5.74) is 2.06. The van der Waals surface area contributed by atoms with Gasteiger partial charge < -0.3 is 9.64 Å². The standard InChI is InChI=1S/C20H28N2O/c1-5-22-11-10-15(14-22)12-17-8-6-16-7-9-18(13-19(16)21-17)23-20(2,3)4/h6-9,13,15H,5,10-12,14H2,1-4H3. The van der Waals surface area contributed by atoms with Gasteiger partial charge >= 0.3 is 0 Å². The van der Waals surface area contributed by atoms with Crippen LogP contribution >= 0.6 is 0 Å². The average molecular weight is 312 g/mol. The van der Waals surface area contributed by atoms with Gasteiger partial charge in [-0.05, 0) is 70.8 Å². The Balaban J connectivity index is 1.77. The van der Waals surface area contributed by atoms with Crippen molar-refractivity contribution in [1.82, 2.24) is 9.88 Å². The number of hydrogen-bond donors (Lipinski definition) is 0. The average Bonchev–Trinajstić information content (AvgIpc) is 2.93. The first-order valence-corrected chi connectivity index (χ1v) is 8.74. The van der Waals surface area contributed by atoms with Crippen molar-refractivity contribution in [3.05, 3.63) is 36.0 Å². The van der Waals surface area contributed by atoms with Gasteiger partial charge in [0.2, 0.25) is 0 Å². The van der Waals surface area contributed by atoms with Crippen molar-refractivity contribution < 1.29 is 4.74 Å². The summed E-state index contributed by atoms with van der Waals surface area (Å²) in [6, 6.07) is 10.6. The molecular weight excluding hydrogens is 284 g/mol. The van der Waals surface area contributed by atoms with Crippen LogP contribution in [0.3, 0.4) is 0 Å². The maximum absolute atomic E-state index is 5.97. The Bertz CT molecular complexity index is 675. The molecule has 0 bridgehead atoms. The van der Waals surface area contributed by atoms with E-state index in [1.807, 2.05) is 6.07 Å². The van der Waals surface area contributed by atoms with Crippen molar-refractivity contribution >= 4 is 10.9 Å². The number of hydrogen-bond acceptors (Lipinski definition) is 3. The molecule has 0 amide bonds. The molecule has 2 aromatic rings. The lowest BCUT2D eigenvalue weighted by atomic mass is 10.0. The molecule has 0 saturated carbocycles. The SMILES string of the molecule is CCN1CCC(Cc2ccc3ccc(OC(C)(C)C)cc3n2)C1. The Hall–Kier alpha value is -1.61. The first kappa shape index (κ1) is 16.3. The number of benzene rings is 1. The summed E-state index contributed by atoms with van der Waals surface area (Å²) < 4.78 is 5.97. The van der Waals surface area contributed by atoms with Gasteiger partial charge in [0.15, 0.2) is 0 Å². The fraction of sp³-hybridized carbons (Fsp3) is 0.550. The monoisotopic (exact) mass is 312 g/mol. The molecule has 3 rings (SSSR count). The van der Waals surface area contributed by atoms with E-state index >= 15 is 0 Å². The Morgan fingerprint density at radius 2 is 2.00 bits per heavy atom. The molecule has 124 valence electrons. The summed E-state index contributed by atoms with van der Waals surface area (Å²) in [7, 11) is 0. The molecule has 1 aliphatic rings. The van der Waals surface area contributed by atoms with Crippen LogP contribution in [0.2, 0.25) is 0 Å². The van der Waals surface area contributed by atoms with Crippen molar-refractivity contribution in [2.24, 2.45) is 5.92 Å². The predicted octanol–water partition coefficient (Wildman–Crippen LogP) is 4.30. The molecule has 1 fully saturated rings. The second-order valence-corrected chi connectivity index (χ2v) is 7.62. The normalized spacial score (nSPS) is 19.4. The van der Waals surface area contributed by atoms with E-state index in [1.54, 1.807) is 0 Å². The molecule has 1 aromatic heterocycles. The van der Waals surface area contributed by atoms with Crippen LogP contribution in [-0.2, 0) is 6.42 Å². The van der Waals surface area contributed by atoms with Crippen LogP contribution < -0.4 is 4.74 Å². The van der Waals surface area contributed by atoms with Crippen LogP contribution in [-0.4, -0.2) is 35.1 Å². The molecule has 1 saturated heterocycles.